The molecule has 0 N–H and O–H groups in total. The van der Waals surface area contributed by atoms with Crippen LogP contribution in [-0.4, -0.2) is 0 Å². The first kappa shape index (κ1) is 18.8. The topological polar surface area (TPSA) is 9.23 Å². The zero-order valence-electron chi connectivity index (χ0n) is 19.0. The first-order valence-corrected chi connectivity index (χ1v) is 12.0. The van der Waals surface area contributed by atoms with Gasteiger partial charge in [0.2, 0.25) is 0 Å². The van der Waals surface area contributed by atoms with Crippen molar-refractivity contribution >= 4 is 43.1 Å². The molecule has 0 bridgehead atoms. The van der Waals surface area contributed by atoms with Crippen molar-refractivity contribution in [3.05, 3.63) is 121 Å². The lowest BCUT2D eigenvalue weighted by atomic mass is 9.90. The average molecular weight is 445 g/mol. The van der Waals surface area contributed by atoms with Crippen molar-refractivity contribution in [1.29, 1.82) is 0 Å². The Morgan fingerprint density at radius 2 is 1.14 bits per heavy atom. The van der Waals surface area contributed by atoms with Crippen molar-refractivity contribution in [2.75, 3.05) is 0 Å². The molecule has 1 nitrogen and oxygen atoms in total. The Balaban J connectivity index is 1.38. The lowest BCUT2D eigenvalue weighted by Gasteiger charge is -2.22. The summed E-state index contributed by atoms with van der Waals surface area (Å²) >= 11 is 0. The van der Waals surface area contributed by atoms with E-state index in [9.17, 15) is 0 Å². The number of para-hydroxylation sites is 1. The predicted octanol–water partition coefficient (Wildman–Crippen LogP) is 9.74. The summed E-state index contributed by atoms with van der Waals surface area (Å²) in [5.41, 5.74) is 4.83. The fourth-order valence-electron chi connectivity index (χ4n) is 5.69. The summed E-state index contributed by atoms with van der Waals surface area (Å²) in [5, 5.41) is 10.1. The summed E-state index contributed by atoms with van der Waals surface area (Å²) in [6.45, 7) is 0. The van der Waals surface area contributed by atoms with E-state index in [0.717, 1.165) is 17.1 Å². The highest BCUT2D eigenvalue weighted by atomic mass is 16.5. The third-order valence-electron chi connectivity index (χ3n) is 7.37. The molecule has 0 fully saturated rings. The van der Waals surface area contributed by atoms with Crippen molar-refractivity contribution in [2.45, 2.75) is 0 Å². The maximum absolute atomic E-state index is 6.23. The summed E-state index contributed by atoms with van der Waals surface area (Å²) in [6, 6.07) is 43.8. The van der Waals surface area contributed by atoms with Crippen LogP contribution < -0.4 is 4.74 Å². The molecule has 7 aromatic rings. The van der Waals surface area contributed by atoms with E-state index in [0.29, 0.717) is 0 Å². The van der Waals surface area contributed by atoms with Crippen molar-refractivity contribution in [3.63, 3.8) is 0 Å². The van der Waals surface area contributed by atoms with Gasteiger partial charge in [-0.1, -0.05) is 78.9 Å². The van der Waals surface area contributed by atoms with Crippen LogP contribution in [0.3, 0.4) is 0 Å². The molecule has 1 heterocycles. The van der Waals surface area contributed by atoms with Crippen LogP contribution in [0.25, 0.3) is 65.3 Å². The van der Waals surface area contributed by atoms with Crippen molar-refractivity contribution in [2.24, 2.45) is 0 Å². The second-order valence-electron chi connectivity index (χ2n) is 9.40. The Labute approximate surface area is 202 Å². The molecule has 0 radical (unpaired) electrons. The minimum atomic E-state index is 0.918. The number of rotatable bonds is 1. The molecule has 0 unspecified atom stereocenters. The fourth-order valence-corrected chi connectivity index (χ4v) is 5.69. The molecule has 7 aromatic carbocycles. The quantitative estimate of drug-likeness (QED) is 0.181. The first-order valence-electron chi connectivity index (χ1n) is 12.0. The number of fused-ring (bicyclic) bond motifs is 6. The Hall–Kier alpha value is -4.62. The molecule has 8 rings (SSSR count). The molecule has 1 heteroatoms. The molecule has 0 spiro atoms. The first-order chi connectivity index (χ1) is 17.3. The molecule has 0 aromatic heterocycles. The second-order valence-corrected chi connectivity index (χ2v) is 9.40. The lowest BCUT2D eigenvalue weighted by molar-refractivity contribution is 0.487. The van der Waals surface area contributed by atoms with Crippen LogP contribution >= 0.6 is 0 Å². The number of ether oxygens (including phenoxy) is 1. The van der Waals surface area contributed by atoms with Crippen LogP contribution in [0.5, 0.6) is 11.5 Å². The van der Waals surface area contributed by atoms with Gasteiger partial charge in [-0.15, -0.1) is 0 Å². The summed E-state index contributed by atoms with van der Waals surface area (Å²) in [6.07, 6.45) is 0. The largest absolute Gasteiger partial charge is 0.456 e. The van der Waals surface area contributed by atoms with Crippen molar-refractivity contribution < 1.29 is 4.74 Å². The average Bonchev–Trinajstić information content (AvgIpc) is 2.91. The van der Waals surface area contributed by atoms with Gasteiger partial charge in [-0.3, -0.25) is 0 Å². The number of benzene rings is 7. The number of hydrogen-bond acceptors (Lipinski definition) is 1. The molecule has 35 heavy (non-hydrogen) atoms. The third-order valence-corrected chi connectivity index (χ3v) is 7.37. The maximum Gasteiger partial charge on any atom is 0.135 e. The van der Waals surface area contributed by atoms with Gasteiger partial charge < -0.3 is 4.74 Å². The fraction of sp³-hybridized carbons (Fsp3) is 0. The molecule has 1 aliphatic rings. The van der Waals surface area contributed by atoms with Crippen molar-refractivity contribution in [1.82, 2.24) is 0 Å². The van der Waals surface area contributed by atoms with Crippen LogP contribution in [0.1, 0.15) is 0 Å². The minimum absolute atomic E-state index is 0.918. The molecule has 0 amide bonds. The molecule has 0 aliphatic carbocycles. The van der Waals surface area contributed by atoms with E-state index in [4.69, 9.17) is 4.74 Å². The molecule has 0 saturated carbocycles. The Morgan fingerprint density at radius 3 is 2.14 bits per heavy atom. The van der Waals surface area contributed by atoms with E-state index in [2.05, 4.69) is 115 Å². The summed E-state index contributed by atoms with van der Waals surface area (Å²) in [4.78, 5) is 0. The minimum Gasteiger partial charge on any atom is -0.456 e. The van der Waals surface area contributed by atoms with E-state index in [1.165, 1.54) is 59.8 Å². The van der Waals surface area contributed by atoms with Gasteiger partial charge in [0.1, 0.15) is 11.5 Å². The third kappa shape index (κ3) is 2.76. The van der Waals surface area contributed by atoms with E-state index >= 15 is 0 Å². The van der Waals surface area contributed by atoms with Gasteiger partial charge in [-0.25, -0.2) is 0 Å². The number of hydrogen-bond donors (Lipinski definition) is 0. The van der Waals surface area contributed by atoms with Crippen molar-refractivity contribution in [3.8, 4) is 33.8 Å². The van der Waals surface area contributed by atoms with E-state index in [1.807, 2.05) is 6.07 Å². The highest BCUT2D eigenvalue weighted by Crippen LogP contribution is 2.47. The SMILES string of the molecule is c1ccc2c(c1)Oc1cccc3cc(-c4ccc5cc6ccc7ccccc7c6cc5c4)cc-2c13. The molecular formula is C34H20O. The van der Waals surface area contributed by atoms with E-state index in [1.54, 1.807) is 0 Å². The van der Waals surface area contributed by atoms with Gasteiger partial charge in [0.25, 0.3) is 0 Å². The second kappa shape index (κ2) is 6.94. The zero-order valence-corrected chi connectivity index (χ0v) is 19.0. The van der Waals surface area contributed by atoms with Crippen LogP contribution in [-0.2, 0) is 0 Å². The van der Waals surface area contributed by atoms with Gasteiger partial charge in [-0.2, -0.15) is 0 Å². The molecule has 1 aliphatic heterocycles. The highest BCUT2D eigenvalue weighted by Gasteiger charge is 2.20. The van der Waals surface area contributed by atoms with Crippen LogP contribution in [0.15, 0.2) is 121 Å². The van der Waals surface area contributed by atoms with Gasteiger partial charge in [0.05, 0.1) is 0 Å². The van der Waals surface area contributed by atoms with Gasteiger partial charge in [-0.05, 0) is 96.9 Å². The van der Waals surface area contributed by atoms with E-state index in [-0.39, 0.29) is 0 Å². The van der Waals surface area contributed by atoms with Crippen LogP contribution in [0, 0.1) is 0 Å². The standard InChI is InChI=1S/C34H20O/c1-2-8-28-21(6-1)12-15-24-16-22-13-14-23(17-26(22)19-30(24)28)27-18-25-7-5-11-33-34(25)31(20-27)29-9-3-4-10-32(29)35-33/h1-20H. The summed E-state index contributed by atoms with van der Waals surface area (Å²) in [7, 11) is 0. The lowest BCUT2D eigenvalue weighted by Crippen LogP contribution is -1.97. The van der Waals surface area contributed by atoms with Crippen LogP contribution in [0.4, 0.5) is 0 Å². The predicted molar refractivity (Wildman–Crippen MR) is 147 cm³/mol. The van der Waals surface area contributed by atoms with Gasteiger partial charge in [0, 0.05) is 10.9 Å². The Kier molecular flexibility index (Phi) is 3.72. The van der Waals surface area contributed by atoms with Gasteiger partial charge in [0.15, 0.2) is 0 Å². The molecule has 0 atom stereocenters. The normalized spacial score (nSPS) is 12.2. The zero-order chi connectivity index (χ0) is 22.9. The van der Waals surface area contributed by atoms with Gasteiger partial charge >= 0.3 is 0 Å². The monoisotopic (exact) mass is 444 g/mol. The molecular weight excluding hydrogens is 424 g/mol. The highest BCUT2D eigenvalue weighted by molar-refractivity contribution is 6.13. The maximum atomic E-state index is 6.23. The Bertz CT molecular complexity index is 1980. The smallest absolute Gasteiger partial charge is 0.135 e. The van der Waals surface area contributed by atoms with E-state index < -0.39 is 0 Å². The summed E-state index contributed by atoms with van der Waals surface area (Å²) in [5.74, 6) is 1.85. The van der Waals surface area contributed by atoms with Crippen LogP contribution in [0.2, 0.25) is 0 Å². The molecule has 162 valence electrons. The summed E-state index contributed by atoms with van der Waals surface area (Å²) < 4.78 is 6.23. The Morgan fingerprint density at radius 1 is 0.371 bits per heavy atom. The molecule has 0 saturated heterocycles.